The summed E-state index contributed by atoms with van der Waals surface area (Å²) >= 11 is 0. The zero-order valence-corrected chi connectivity index (χ0v) is 16.6. The second kappa shape index (κ2) is 8.57. The number of nitrogens with zero attached hydrogens (tertiary/aromatic N) is 3. The Balaban J connectivity index is 1.33. The standard InChI is InChI=1S/C21H24N4O4/c1-3-10-27-21-25-24-20(29-21)18-9-6-15(12-28-18)22-19(26)17-8-5-14-11-13(2)4-7-16(14)23-17/h4-5,7-8,11,15,18H,3,6,9-10,12H2,1-2H3,(H,22,26)/t15-,18+/m1/s1. The van der Waals surface area contributed by atoms with E-state index in [1.807, 2.05) is 32.0 Å². The summed E-state index contributed by atoms with van der Waals surface area (Å²) in [6.45, 7) is 4.94. The van der Waals surface area contributed by atoms with Crippen LogP contribution in [0, 0.1) is 6.92 Å². The van der Waals surface area contributed by atoms with Gasteiger partial charge in [0.1, 0.15) is 11.8 Å². The number of hydrogen-bond donors (Lipinski definition) is 1. The highest BCUT2D eigenvalue weighted by Gasteiger charge is 2.28. The van der Waals surface area contributed by atoms with Crippen LogP contribution in [0.3, 0.4) is 0 Å². The third kappa shape index (κ3) is 4.54. The molecule has 3 aromatic rings. The fourth-order valence-electron chi connectivity index (χ4n) is 3.29. The van der Waals surface area contributed by atoms with Gasteiger partial charge < -0.3 is 19.2 Å². The molecule has 3 heterocycles. The van der Waals surface area contributed by atoms with Crippen LogP contribution >= 0.6 is 0 Å². The maximum Gasteiger partial charge on any atom is 0.414 e. The number of carbonyl (C=O) groups is 1. The van der Waals surface area contributed by atoms with Crippen molar-refractivity contribution in [1.29, 1.82) is 0 Å². The Bertz CT molecular complexity index is 995. The first-order valence-corrected chi connectivity index (χ1v) is 9.88. The monoisotopic (exact) mass is 396 g/mol. The molecule has 1 aliphatic heterocycles. The van der Waals surface area contributed by atoms with Crippen LogP contribution in [-0.4, -0.2) is 40.3 Å². The van der Waals surface area contributed by atoms with E-state index < -0.39 is 0 Å². The van der Waals surface area contributed by atoms with Gasteiger partial charge in [-0.05, 0) is 44.4 Å². The topological polar surface area (TPSA) is 99.4 Å². The summed E-state index contributed by atoms with van der Waals surface area (Å²) in [7, 11) is 0. The van der Waals surface area contributed by atoms with Crippen LogP contribution in [0.15, 0.2) is 34.7 Å². The van der Waals surface area contributed by atoms with Gasteiger partial charge in [-0.2, -0.15) is 0 Å². The van der Waals surface area contributed by atoms with Gasteiger partial charge in [0, 0.05) is 5.39 Å². The van der Waals surface area contributed by atoms with E-state index in [1.54, 1.807) is 6.07 Å². The highest BCUT2D eigenvalue weighted by Crippen LogP contribution is 2.28. The number of carbonyl (C=O) groups excluding carboxylic acids is 1. The lowest BCUT2D eigenvalue weighted by molar-refractivity contribution is -0.0190. The second-order valence-electron chi connectivity index (χ2n) is 7.22. The van der Waals surface area contributed by atoms with E-state index in [4.69, 9.17) is 13.9 Å². The van der Waals surface area contributed by atoms with Crippen LogP contribution in [0.1, 0.15) is 54.2 Å². The average molecular weight is 396 g/mol. The second-order valence-corrected chi connectivity index (χ2v) is 7.22. The largest absolute Gasteiger partial charge is 0.449 e. The fraction of sp³-hybridized carbons (Fsp3) is 0.429. The van der Waals surface area contributed by atoms with E-state index in [-0.39, 0.29) is 24.1 Å². The normalized spacial score (nSPS) is 19.2. The van der Waals surface area contributed by atoms with Gasteiger partial charge in [-0.1, -0.05) is 29.7 Å². The summed E-state index contributed by atoms with van der Waals surface area (Å²) in [6, 6.07) is 9.55. The molecule has 0 radical (unpaired) electrons. The third-order valence-electron chi connectivity index (χ3n) is 4.82. The molecule has 8 nitrogen and oxygen atoms in total. The maximum atomic E-state index is 12.6. The Morgan fingerprint density at radius 3 is 2.93 bits per heavy atom. The molecule has 1 N–H and O–H groups in total. The van der Waals surface area contributed by atoms with Crippen molar-refractivity contribution in [2.75, 3.05) is 13.2 Å². The highest BCUT2D eigenvalue weighted by atomic mass is 16.6. The van der Waals surface area contributed by atoms with Crippen molar-refractivity contribution < 1.29 is 18.7 Å². The fourth-order valence-corrected chi connectivity index (χ4v) is 3.29. The lowest BCUT2D eigenvalue weighted by atomic mass is 10.0. The number of aromatic nitrogens is 3. The van der Waals surface area contributed by atoms with Gasteiger partial charge in [0.15, 0.2) is 0 Å². The number of aryl methyl sites for hydroxylation is 1. The molecule has 0 aliphatic carbocycles. The summed E-state index contributed by atoms with van der Waals surface area (Å²) in [6.07, 6.45) is 2.17. The molecule has 8 heteroatoms. The van der Waals surface area contributed by atoms with Gasteiger partial charge >= 0.3 is 6.08 Å². The van der Waals surface area contributed by atoms with E-state index in [2.05, 4.69) is 26.6 Å². The quantitative estimate of drug-likeness (QED) is 0.682. The minimum absolute atomic E-state index is 0.0898. The van der Waals surface area contributed by atoms with Gasteiger partial charge in [-0.15, -0.1) is 5.10 Å². The summed E-state index contributed by atoms with van der Waals surface area (Å²) in [5.41, 5.74) is 2.37. The molecule has 152 valence electrons. The van der Waals surface area contributed by atoms with E-state index in [1.165, 1.54) is 0 Å². The van der Waals surface area contributed by atoms with Crippen molar-refractivity contribution in [2.24, 2.45) is 0 Å². The Hall–Kier alpha value is -3.00. The predicted octanol–water partition coefficient (Wildman–Crippen LogP) is 3.37. The molecule has 29 heavy (non-hydrogen) atoms. The number of pyridine rings is 1. The average Bonchev–Trinajstić information content (AvgIpc) is 3.21. The Kier molecular flexibility index (Phi) is 5.71. The summed E-state index contributed by atoms with van der Waals surface area (Å²) in [5.74, 6) is 0.208. The zero-order valence-electron chi connectivity index (χ0n) is 16.6. The summed E-state index contributed by atoms with van der Waals surface area (Å²) < 4.78 is 16.6. The molecule has 4 rings (SSSR count). The number of fused-ring (bicyclic) bond motifs is 1. The number of amides is 1. The van der Waals surface area contributed by atoms with Gasteiger partial charge in [0.2, 0.25) is 5.89 Å². The van der Waals surface area contributed by atoms with Crippen molar-refractivity contribution in [2.45, 2.75) is 45.3 Å². The Labute approximate surface area is 168 Å². The number of ether oxygens (including phenoxy) is 2. The van der Waals surface area contributed by atoms with Crippen molar-refractivity contribution >= 4 is 16.8 Å². The third-order valence-corrected chi connectivity index (χ3v) is 4.82. The van der Waals surface area contributed by atoms with E-state index in [0.717, 1.165) is 29.3 Å². The summed E-state index contributed by atoms with van der Waals surface area (Å²) in [5, 5.41) is 11.9. The number of rotatable bonds is 6. The molecular weight excluding hydrogens is 372 g/mol. The van der Waals surface area contributed by atoms with Gasteiger partial charge in [-0.3, -0.25) is 4.79 Å². The highest BCUT2D eigenvalue weighted by molar-refractivity contribution is 5.95. The molecule has 0 saturated carbocycles. The first kappa shape index (κ1) is 19.3. The predicted molar refractivity (Wildman–Crippen MR) is 106 cm³/mol. The zero-order chi connectivity index (χ0) is 20.2. The first-order valence-electron chi connectivity index (χ1n) is 9.88. The Morgan fingerprint density at radius 1 is 1.24 bits per heavy atom. The van der Waals surface area contributed by atoms with Crippen molar-refractivity contribution in [3.05, 3.63) is 47.5 Å². The maximum absolute atomic E-state index is 12.6. The van der Waals surface area contributed by atoms with Crippen molar-refractivity contribution in [3.8, 4) is 6.08 Å². The SMILES string of the molecule is CCCOc1nnc([C@@H]2CC[C@@H](NC(=O)c3ccc4cc(C)ccc4n3)CO2)o1. The molecule has 1 aromatic carbocycles. The van der Waals surface area contributed by atoms with Gasteiger partial charge in [0.05, 0.1) is 24.8 Å². The van der Waals surface area contributed by atoms with Crippen LogP contribution in [0.5, 0.6) is 6.08 Å². The van der Waals surface area contributed by atoms with Gasteiger partial charge in [-0.25, -0.2) is 4.98 Å². The molecule has 1 aliphatic rings. The smallest absolute Gasteiger partial charge is 0.414 e. The van der Waals surface area contributed by atoms with E-state index in [0.29, 0.717) is 31.2 Å². The van der Waals surface area contributed by atoms with Crippen molar-refractivity contribution in [3.63, 3.8) is 0 Å². The number of hydrogen-bond acceptors (Lipinski definition) is 7. The molecule has 0 spiro atoms. The van der Waals surface area contributed by atoms with E-state index >= 15 is 0 Å². The number of nitrogens with one attached hydrogen (secondary N) is 1. The first-order chi connectivity index (χ1) is 14.1. The molecule has 1 saturated heterocycles. The molecule has 1 amide bonds. The Morgan fingerprint density at radius 2 is 2.14 bits per heavy atom. The van der Waals surface area contributed by atoms with Gasteiger partial charge in [0.25, 0.3) is 5.91 Å². The molecule has 2 atom stereocenters. The van der Waals surface area contributed by atoms with Crippen LogP contribution in [0.4, 0.5) is 0 Å². The van der Waals surface area contributed by atoms with Crippen molar-refractivity contribution in [1.82, 2.24) is 20.5 Å². The van der Waals surface area contributed by atoms with Crippen LogP contribution in [0.25, 0.3) is 10.9 Å². The van der Waals surface area contributed by atoms with E-state index in [9.17, 15) is 4.79 Å². The number of benzene rings is 1. The molecular formula is C21H24N4O4. The lowest BCUT2D eigenvalue weighted by Gasteiger charge is -2.27. The minimum atomic E-state index is -0.281. The molecule has 0 bridgehead atoms. The molecule has 2 aromatic heterocycles. The lowest BCUT2D eigenvalue weighted by Crippen LogP contribution is -2.41. The van der Waals surface area contributed by atoms with Crippen LogP contribution < -0.4 is 10.1 Å². The summed E-state index contributed by atoms with van der Waals surface area (Å²) in [4.78, 5) is 17.1. The molecule has 0 unspecified atom stereocenters. The van der Waals surface area contributed by atoms with Crippen LogP contribution in [0.2, 0.25) is 0 Å². The minimum Gasteiger partial charge on any atom is -0.449 e. The van der Waals surface area contributed by atoms with Crippen LogP contribution in [-0.2, 0) is 4.74 Å². The molecule has 1 fully saturated rings.